The van der Waals surface area contributed by atoms with Crippen LogP contribution in [-0.4, -0.2) is 22.2 Å². The first-order valence-corrected chi connectivity index (χ1v) is 10.4. The quantitative estimate of drug-likeness (QED) is 0.454. The van der Waals surface area contributed by atoms with Crippen LogP contribution in [0, 0.1) is 13.8 Å². The number of nitrogens with one attached hydrogen (secondary N) is 1. The fourth-order valence-electron chi connectivity index (χ4n) is 2.29. The largest absolute Gasteiger partial charge is 0.481 e. The molecule has 140 valence electrons. The third-order valence-electron chi connectivity index (χ3n) is 4.00. The summed E-state index contributed by atoms with van der Waals surface area (Å²) in [5.74, 6) is 1.25. The van der Waals surface area contributed by atoms with Crippen molar-refractivity contribution in [1.82, 2.24) is 10.2 Å². The van der Waals surface area contributed by atoms with E-state index in [2.05, 4.69) is 27.6 Å². The monoisotopic (exact) mass is 399 g/mol. The van der Waals surface area contributed by atoms with Gasteiger partial charge in [-0.05, 0) is 49.6 Å². The molecular formula is C20H21N3O2S2. The van der Waals surface area contributed by atoms with E-state index in [-0.39, 0.29) is 5.91 Å². The van der Waals surface area contributed by atoms with Crippen molar-refractivity contribution < 1.29 is 9.53 Å². The standard InChI is InChI=1S/C20H21N3O2S2/c1-13-9-10-17(11-14(13)2)25-15(3)18(24)21-19-22-23-20(27-19)26-12-16-7-5-4-6-8-16/h4-11,15H,12H2,1-3H3,(H,21,22,24). The summed E-state index contributed by atoms with van der Waals surface area (Å²) < 4.78 is 6.55. The molecule has 0 spiro atoms. The molecule has 1 atom stereocenters. The summed E-state index contributed by atoms with van der Waals surface area (Å²) in [4.78, 5) is 12.4. The van der Waals surface area contributed by atoms with Gasteiger partial charge in [-0.2, -0.15) is 0 Å². The number of thioether (sulfide) groups is 1. The van der Waals surface area contributed by atoms with E-state index in [1.54, 1.807) is 18.7 Å². The first kappa shape index (κ1) is 19.4. The van der Waals surface area contributed by atoms with Crippen LogP contribution in [0.1, 0.15) is 23.6 Å². The fraction of sp³-hybridized carbons (Fsp3) is 0.250. The summed E-state index contributed by atoms with van der Waals surface area (Å²) >= 11 is 2.96. The maximum Gasteiger partial charge on any atom is 0.266 e. The minimum Gasteiger partial charge on any atom is -0.481 e. The second-order valence-corrected chi connectivity index (χ2v) is 8.34. The summed E-state index contributed by atoms with van der Waals surface area (Å²) in [6.45, 7) is 5.78. The number of benzene rings is 2. The zero-order valence-corrected chi connectivity index (χ0v) is 17.1. The Labute approximate surface area is 167 Å². The molecule has 0 radical (unpaired) electrons. The molecular weight excluding hydrogens is 378 g/mol. The molecule has 1 aromatic heterocycles. The van der Waals surface area contributed by atoms with Gasteiger partial charge in [0.15, 0.2) is 10.4 Å². The smallest absolute Gasteiger partial charge is 0.266 e. The highest BCUT2D eigenvalue weighted by Gasteiger charge is 2.17. The number of aromatic nitrogens is 2. The average molecular weight is 400 g/mol. The lowest BCUT2D eigenvalue weighted by Crippen LogP contribution is -2.30. The van der Waals surface area contributed by atoms with Crippen molar-refractivity contribution in [2.24, 2.45) is 0 Å². The molecule has 2 aromatic carbocycles. The van der Waals surface area contributed by atoms with Gasteiger partial charge in [-0.1, -0.05) is 59.5 Å². The predicted molar refractivity (Wildman–Crippen MR) is 111 cm³/mol. The minimum atomic E-state index is -0.628. The van der Waals surface area contributed by atoms with Crippen molar-refractivity contribution in [2.75, 3.05) is 5.32 Å². The molecule has 1 N–H and O–H groups in total. The molecule has 5 nitrogen and oxygen atoms in total. The fourth-order valence-corrected chi connectivity index (χ4v) is 4.00. The van der Waals surface area contributed by atoms with E-state index in [9.17, 15) is 4.79 Å². The first-order valence-electron chi connectivity index (χ1n) is 8.56. The number of aryl methyl sites for hydroxylation is 2. The van der Waals surface area contributed by atoms with Crippen LogP contribution in [0.2, 0.25) is 0 Å². The molecule has 0 saturated heterocycles. The number of rotatable bonds is 7. The number of carbonyl (C=O) groups is 1. The number of hydrogen-bond acceptors (Lipinski definition) is 6. The van der Waals surface area contributed by atoms with E-state index in [1.807, 2.05) is 50.2 Å². The number of hydrogen-bond donors (Lipinski definition) is 1. The van der Waals surface area contributed by atoms with Crippen LogP contribution in [-0.2, 0) is 10.5 Å². The molecule has 0 saturated carbocycles. The van der Waals surface area contributed by atoms with Gasteiger partial charge >= 0.3 is 0 Å². The second-order valence-electron chi connectivity index (χ2n) is 6.14. The first-order chi connectivity index (χ1) is 13.0. The summed E-state index contributed by atoms with van der Waals surface area (Å²) in [5.41, 5.74) is 3.54. The van der Waals surface area contributed by atoms with Crippen LogP contribution < -0.4 is 10.1 Å². The molecule has 3 rings (SSSR count). The number of carbonyl (C=O) groups excluding carboxylic acids is 1. The molecule has 1 amide bonds. The van der Waals surface area contributed by atoms with Gasteiger partial charge in [0.25, 0.3) is 5.91 Å². The van der Waals surface area contributed by atoms with Gasteiger partial charge in [0, 0.05) is 5.75 Å². The lowest BCUT2D eigenvalue weighted by molar-refractivity contribution is -0.122. The van der Waals surface area contributed by atoms with Gasteiger partial charge < -0.3 is 4.74 Å². The molecule has 0 aliphatic rings. The van der Waals surface area contributed by atoms with Crippen molar-refractivity contribution in [3.05, 3.63) is 65.2 Å². The molecule has 0 fully saturated rings. The maximum atomic E-state index is 12.4. The Morgan fingerprint density at radius 3 is 2.67 bits per heavy atom. The van der Waals surface area contributed by atoms with Crippen LogP contribution in [0.4, 0.5) is 5.13 Å². The van der Waals surface area contributed by atoms with Crippen LogP contribution in [0.15, 0.2) is 52.9 Å². The predicted octanol–water partition coefficient (Wildman–Crippen LogP) is 4.85. The number of ether oxygens (including phenoxy) is 1. The van der Waals surface area contributed by atoms with E-state index in [4.69, 9.17) is 4.74 Å². The van der Waals surface area contributed by atoms with Crippen molar-refractivity contribution in [2.45, 2.75) is 37.0 Å². The van der Waals surface area contributed by atoms with Gasteiger partial charge in [-0.3, -0.25) is 10.1 Å². The third kappa shape index (κ3) is 5.55. The van der Waals surface area contributed by atoms with Crippen LogP contribution in [0.3, 0.4) is 0 Å². The molecule has 7 heteroatoms. The summed E-state index contributed by atoms with van der Waals surface area (Å²) in [6, 6.07) is 15.9. The highest BCUT2D eigenvalue weighted by atomic mass is 32.2. The number of amides is 1. The minimum absolute atomic E-state index is 0.246. The van der Waals surface area contributed by atoms with E-state index >= 15 is 0 Å². The highest BCUT2D eigenvalue weighted by Crippen LogP contribution is 2.28. The second kappa shape index (κ2) is 9.01. The molecule has 1 unspecified atom stereocenters. The van der Waals surface area contributed by atoms with Crippen LogP contribution >= 0.6 is 23.1 Å². The SMILES string of the molecule is Cc1ccc(OC(C)C(=O)Nc2nnc(SCc3ccccc3)s2)cc1C. The van der Waals surface area contributed by atoms with Crippen molar-refractivity contribution >= 4 is 34.1 Å². The topological polar surface area (TPSA) is 64.1 Å². The van der Waals surface area contributed by atoms with Gasteiger partial charge in [0.2, 0.25) is 5.13 Å². The van der Waals surface area contributed by atoms with Gasteiger partial charge in [-0.25, -0.2) is 0 Å². The lowest BCUT2D eigenvalue weighted by atomic mass is 10.1. The van der Waals surface area contributed by atoms with E-state index in [1.165, 1.54) is 22.5 Å². The maximum absolute atomic E-state index is 12.4. The van der Waals surface area contributed by atoms with Gasteiger partial charge in [0.05, 0.1) is 0 Å². The van der Waals surface area contributed by atoms with E-state index in [0.29, 0.717) is 10.9 Å². The molecule has 3 aromatic rings. The Morgan fingerprint density at radius 1 is 1.15 bits per heavy atom. The molecule has 0 aliphatic carbocycles. The lowest BCUT2D eigenvalue weighted by Gasteiger charge is -2.14. The van der Waals surface area contributed by atoms with Crippen molar-refractivity contribution in [1.29, 1.82) is 0 Å². The molecule has 0 bridgehead atoms. The molecule has 0 aliphatic heterocycles. The third-order valence-corrected chi connectivity index (χ3v) is 6.05. The normalized spacial score (nSPS) is 11.8. The van der Waals surface area contributed by atoms with E-state index in [0.717, 1.165) is 15.7 Å². The highest BCUT2D eigenvalue weighted by molar-refractivity contribution is 8.00. The number of nitrogens with zero attached hydrogens (tertiary/aromatic N) is 2. The van der Waals surface area contributed by atoms with Crippen LogP contribution in [0.5, 0.6) is 5.75 Å². The van der Waals surface area contributed by atoms with Crippen LogP contribution in [0.25, 0.3) is 0 Å². The zero-order chi connectivity index (χ0) is 19.2. The Kier molecular flexibility index (Phi) is 6.47. The summed E-state index contributed by atoms with van der Waals surface area (Å²) in [7, 11) is 0. The Balaban J connectivity index is 1.52. The zero-order valence-electron chi connectivity index (χ0n) is 15.4. The van der Waals surface area contributed by atoms with E-state index < -0.39 is 6.10 Å². The average Bonchev–Trinajstić information content (AvgIpc) is 3.11. The Morgan fingerprint density at radius 2 is 1.93 bits per heavy atom. The Hall–Kier alpha value is -2.38. The molecule has 27 heavy (non-hydrogen) atoms. The summed E-state index contributed by atoms with van der Waals surface area (Å²) in [6.07, 6.45) is -0.628. The van der Waals surface area contributed by atoms with Gasteiger partial charge in [-0.15, -0.1) is 10.2 Å². The number of anilines is 1. The van der Waals surface area contributed by atoms with Crippen molar-refractivity contribution in [3.8, 4) is 5.75 Å². The molecule has 1 heterocycles. The van der Waals surface area contributed by atoms with Crippen molar-refractivity contribution in [3.63, 3.8) is 0 Å². The van der Waals surface area contributed by atoms with Gasteiger partial charge in [0.1, 0.15) is 5.75 Å². The summed E-state index contributed by atoms with van der Waals surface area (Å²) in [5, 5.41) is 11.4. The Bertz CT molecular complexity index is 913.